The number of rotatable bonds is 10. The van der Waals surface area contributed by atoms with Crippen molar-refractivity contribution >= 4 is 5.69 Å². The highest BCUT2D eigenvalue weighted by molar-refractivity contribution is 5.51. The number of hydrogen-bond donors (Lipinski definition) is 1. The van der Waals surface area contributed by atoms with E-state index in [9.17, 15) is 10.1 Å². The lowest BCUT2D eigenvalue weighted by Gasteiger charge is -2.31. The number of benzene rings is 3. The largest absolute Gasteiger partial charge is 0.490 e. The highest BCUT2D eigenvalue weighted by Gasteiger charge is 2.26. The molecular formula is C27H30N2O4. The molecule has 0 spiro atoms. The number of ether oxygens (including phenoxy) is 2. The fraction of sp³-hybridized carbons (Fsp3) is 0.333. The summed E-state index contributed by atoms with van der Waals surface area (Å²) < 4.78 is 12.2. The third kappa shape index (κ3) is 6.56. The molecule has 4 rings (SSSR count). The van der Waals surface area contributed by atoms with Gasteiger partial charge in [0, 0.05) is 0 Å². The van der Waals surface area contributed by atoms with Crippen LogP contribution < -0.4 is 14.8 Å². The Morgan fingerprint density at radius 2 is 1.61 bits per heavy atom. The smallest absolute Gasteiger partial charge is 0.314 e. The number of hydrogen-bond acceptors (Lipinski definition) is 5. The molecular weight excluding hydrogens is 416 g/mol. The van der Waals surface area contributed by atoms with E-state index in [2.05, 4.69) is 17.4 Å². The van der Waals surface area contributed by atoms with Crippen molar-refractivity contribution in [1.29, 1.82) is 0 Å². The summed E-state index contributed by atoms with van der Waals surface area (Å²) in [6.07, 6.45) is 3.87. The minimum absolute atomic E-state index is 0.00278. The Bertz CT molecular complexity index is 1020. The molecule has 33 heavy (non-hydrogen) atoms. The van der Waals surface area contributed by atoms with Crippen LogP contribution in [0.1, 0.15) is 30.4 Å². The molecule has 1 atom stereocenters. The van der Waals surface area contributed by atoms with E-state index >= 15 is 0 Å². The number of nitro benzene ring substituents is 1. The van der Waals surface area contributed by atoms with E-state index < -0.39 is 4.92 Å². The molecule has 0 saturated carbocycles. The van der Waals surface area contributed by atoms with Gasteiger partial charge in [0.25, 0.3) is 0 Å². The lowest BCUT2D eigenvalue weighted by atomic mass is 9.88. The molecule has 1 fully saturated rings. The van der Waals surface area contributed by atoms with Crippen molar-refractivity contribution in [1.82, 2.24) is 5.32 Å². The molecule has 3 aromatic rings. The van der Waals surface area contributed by atoms with Crippen LogP contribution in [0.15, 0.2) is 78.9 Å². The van der Waals surface area contributed by atoms with Crippen LogP contribution in [0, 0.1) is 16.0 Å². The summed E-state index contributed by atoms with van der Waals surface area (Å²) in [4.78, 5) is 11.3. The average molecular weight is 447 g/mol. The molecule has 6 nitrogen and oxygen atoms in total. The first-order valence-corrected chi connectivity index (χ1v) is 11.6. The third-order valence-electron chi connectivity index (χ3n) is 6.12. The highest BCUT2D eigenvalue weighted by atomic mass is 16.6. The molecule has 0 bridgehead atoms. The first kappa shape index (κ1) is 22.8. The third-order valence-corrected chi connectivity index (χ3v) is 6.12. The molecule has 3 aromatic carbocycles. The molecule has 1 heterocycles. The van der Waals surface area contributed by atoms with Gasteiger partial charge in [0.15, 0.2) is 5.75 Å². The maximum absolute atomic E-state index is 11.7. The van der Waals surface area contributed by atoms with E-state index in [4.69, 9.17) is 9.47 Å². The van der Waals surface area contributed by atoms with Crippen LogP contribution in [-0.2, 0) is 13.0 Å². The van der Waals surface area contributed by atoms with Gasteiger partial charge in [-0.1, -0.05) is 60.7 Å². The van der Waals surface area contributed by atoms with Gasteiger partial charge in [-0.05, 0) is 68.0 Å². The zero-order chi connectivity index (χ0) is 22.9. The zero-order valence-electron chi connectivity index (χ0n) is 18.7. The van der Waals surface area contributed by atoms with Crippen molar-refractivity contribution in [2.45, 2.75) is 38.4 Å². The van der Waals surface area contributed by atoms with Crippen molar-refractivity contribution in [3.63, 3.8) is 0 Å². The number of nitrogens with one attached hydrogen (secondary N) is 1. The zero-order valence-corrected chi connectivity index (χ0v) is 18.7. The molecule has 0 radical (unpaired) electrons. The van der Waals surface area contributed by atoms with Crippen LogP contribution in [0.25, 0.3) is 0 Å². The van der Waals surface area contributed by atoms with Gasteiger partial charge in [0.2, 0.25) is 0 Å². The molecule has 1 N–H and O–H groups in total. The SMILES string of the molecule is O=[N+]([O-])c1cc(OC(CCc2ccccc2)C2CCNCC2)ccc1OCc1ccccc1. The maximum Gasteiger partial charge on any atom is 0.314 e. The van der Waals surface area contributed by atoms with Crippen molar-refractivity contribution in [2.75, 3.05) is 13.1 Å². The lowest BCUT2D eigenvalue weighted by Crippen LogP contribution is -2.37. The number of nitro groups is 1. The van der Waals surface area contributed by atoms with Gasteiger partial charge in [-0.3, -0.25) is 10.1 Å². The van der Waals surface area contributed by atoms with E-state index in [0.717, 1.165) is 44.3 Å². The van der Waals surface area contributed by atoms with E-state index in [1.807, 2.05) is 48.5 Å². The predicted molar refractivity (Wildman–Crippen MR) is 129 cm³/mol. The summed E-state index contributed by atoms with van der Waals surface area (Å²) in [5.41, 5.74) is 2.16. The second-order valence-electron chi connectivity index (χ2n) is 8.43. The van der Waals surface area contributed by atoms with E-state index in [0.29, 0.717) is 11.7 Å². The van der Waals surface area contributed by atoms with Crippen LogP contribution >= 0.6 is 0 Å². The fourth-order valence-electron chi connectivity index (χ4n) is 4.31. The van der Waals surface area contributed by atoms with E-state index in [1.54, 1.807) is 12.1 Å². The average Bonchev–Trinajstić information content (AvgIpc) is 2.87. The van der Waals surface area contributed by atoms with Crippen molar-refractivity contribution in [2.24, 2.45) is 5.92 Å². The number of nitrogens with zero attached hydrogens (tertiary/aromatic N) is 1. The molecule has 0 amide bonds. The van der Waals surface area contributed by atoms with Gasteiger partial charge >= 0.3 is 5.69 Å². The maximum atomic E-state index is 11.7. The molecule has 1 unspecified atom stereocenters. The van der Waals surface area contributed by atoms with Crippen molar-refractivity contribution < 1.29 is 14.4 Å². The van der Waals surface area contributed by atoms with Gasteiger partial charge in [-0.25, -0.2) is 0 Å². The first-order chi connectivity index (χ1) is 16.2. The summed E-state index contributed by atoms with van der Waals surface area (Å²) in [5, 5.41) is 15.2. The van der Waals surface area contributed by atoms with Crippen LogP contribution in [-0.4, -0.2) is 24.1 Å². The van der Waals surface area contributed by atoms with Crippen LogP contribution in [0.4, 0.5) is 5.69 Å². The van der Waals surface area contributed by atoms with Gasteiger partial charge in [0.05, 0.1) is 11.0 Å². The summed E-state index contributed by atoms with van der Waals surface area (Å²) in [5.74, 6) is 1.19. The van der Waals surface area contributed by atoms with Gasteiger partial charge in [-0.15, -0.1) is 0 Å². The van der Waals surface area contributed by atoms with Crippen LogP contribution in [0.2, 0.25) is 0 Å². The summed E-state index contributed by atoms with van der Waals surface area (Å²) >= 11 is 0. The molecule has 6 heteroatoms. The Labute approximate surface area is 194 Å². The normalized spacial score (nSPS) is 15.0. The standard InChI is InChI=1S/C27H30N2O4/c30-29(31)25-19-24(12-14-27(25)32-20-22-9-5-2-6-10-22)33-26(23-15-17-28-18-16-23)13-11-21-7-3-1-4-8-21/h1-10,12,14,19,23,26,28H,11,13,15-18,20H2. The van der Waals surface area contributed by atoms with Crippen molar-refractivity contribution in [3.05, 3.63) is 100 Å². The lowest BCUT2D eigenvalue weighted by molar-refractivity contribution is -0.386. The minimum Gasteiger partial charge on any atom is -0.490 e. The molecule has 0 aromatic heterocycles. The Morgan fingerprint density at radius 1 is 0.939 bits per heavy atom. The molecule has 172 valence electrons. The van der Waals surface area contributed by atoms with Crippen LogP contribution in [0.5, 0.6) is 11.5 Å². The Balaban J connectivity index is 1.48. The van der Waals surface area contributed by atoms with Gasteiger partial charge in [-0.2, -0.15) is 0 Å². The van der Waals surface area contributed by atoms with Crippen LogP contribution in [0.3, 0.4) is 0 Å². The Hall–Kier alpha value is -3.38. The number of piperidine rings is 1. The molecule has 0 aliphatic carbocycles. The van der Waals surface area contributed by atoms with Gasteiger partial charge < -0.3 is 14.8 Å². The van der Waals surface area contributed by atoms with E-state index in [-0.39, 0.29) is 24.1 Å². The predicted octanol–water partition coefficient (Wildman–Crippen LogP) is 5.55. The first-order valence-electron chi connectivity index (χ1n) is 11.6. The molecule has 1 saturated heterocycles. The summed E-state index contributed by atoms with van der Waals surface area (Å²) in [6.45, 7) is 2.22. The quantitative estimate of drug-likeness (QED) is 0.326. The second kappa shape index (κ2) is 11.5. The Kier molecular flexibility index (Phi) is 7.93. The van der Waals surface area contributed by atoms with Gasteiger partial charge in [0.1, 0.15) is 18.5 Å². The van der Waals surface area contributed by atoms with E-state index in [1.165, 1.54) is 11.6 Å². The Morgan fingerprint density at radius 3 is 2.27 bits per heavy atom. The monoisotopic (exact) mass is 446 g/mol. The topological polar surface area (TPSA) is 73.6 Å². The summed E-state index contributed by atoms with van der Waals surface area (Å²) in [6, 6.07) is 24.9. The molecule has 1 aliphatic heterocycles. The number of aryl methyl sites for hydroxylation is 1. The summed E-state index contributed by atoms with van der Waals surface area (Å²) in [7, 11) is 0. The second-order valence-corrected chi connectivity index (χ2v) is 8.43. The molecule has 1 aliphatic rings. The fourth-order valence-corrected chi connectivity index (χ4v) is 4.31. The van der Waals surface area contributed by atoms with Crippen molar-refractivity contribution in [3.8, 4) is 11.5 Å². The minimum atomic E-state index is -0.406. The highest BCUT2D eigenvalue weighted by Crippen LogP contribution is 2.34.